The van der Waals surface area contributed by atoms with Gasteiger partial charge in [-0.1, -0.05) is 38.8 Å². The molecule has 0 bridgehead atoms. The van der Waals surface area contributed by atoms with E-state index in [9.17, 15) is 15.0 Å². The second-order valence-corrected chi connectivity index (χ2v) is 8.46. The van der Waals surface area contributed by atoms with Gasteiger partial charge in [-0.05, 0) is 64.7 Å². The van der Waals surface area contributed by atoms with Crippen molar-refractivity contribution in [3.8, 4) is 5.75 Å². The number of amides is 1. The Labute approximate surface area is 177 Å². The zero-order chi connectivity index (χ0) is 19.3. The van der Waals surface area contributed by atoms with E-state index >= 15 is 0 Å². The Morgan fingerprint density at radius 1 is 1.15 bits per heavy atom. The molecule has 0 saturated carbocycles. The fourth-order valence-corrected chi connectivity index (χ4v) is 3.96. The van der Waals surface area contributed by atoms with Crippen LogP contribution in [0.5, 0.6) is 5.75 Å². The highest BCUT2D eigenvalue weighted by atomic mass is 79.9. The van der Waals surface area contributed by atoms with Crippen molar-refractivity contribution in [2.45, 2.75) is 19.4 Å². The number of benzene rings is 2. The van der Waals surface area contributed by atoms with Gasteiger partial charge in [-0.2, -0.15) is 0 Å². The van der Waals surface area contributed by atoms with Crippen LogP contribution in [0.4, 0.5) is 10.5 Å². The Kier molecular flexibility index (Phi) is 7.94. The van der Waals surface area contributed by atoms with Crippen molar-refractivity contribution >= 4 is 59.6 Å². The summed E-state index contributed by atoms with van der Waals surface area (Å²) < 4.78 is 7.72. The molecule has 140 valence electrons. The zero-order valence-corrected chi connectivity index (χ0v) is 18.6. The van der Waals surface area contributed by atoms with Gasteiger partial charge in [0.15, 0.2) is 0 Å². The SMILES string of the molecule is C[C@H](CCO)[C@H](OC(=O)Nc1ccc(Br)cc1)c1cc(Br)cc(Br)c1O. The minimum Gasteiger partial charge on any atom is -0.506 e. The molecule has 2 aromatic rings. The van der Waals surface area contributed by atoms with Crippen LogP contribution in [0.1, 0.15) is 25.0 Å². The first-order valence-electron chi connectivity index (χ1n) is 7.83. The lowest BCUT2D eigenvalue weighted by molar-refractivity contribution is 0.0651. The molecule has 0 aliphatic rings. The molecule has 5 nitrogen and oxygen atoms in total. The molecule has 0 spiro atoms. The van der Waals surface area contributed by atoms with Gasteiger partial charge in [-0.15, -0.1) is 0 Å². The van der Waals surface area contributed by atoms with Crippen LogP contribution in [0.2, 0.25) is 0 Å². The van der Waals surface area contributed by atoms with Gasteiger partial charge in [0.05, 0.1) is 4.47 Å². The molecular formula is C18H18Br3NO4. The van der Waals surface area contributed by atoms with Gasteiger partial charge < -0.3 is 14.9 Å². The number of phenolic OH excluding ortho intramolecular Hbond substituents is 1. The summed E-state index contributed by atoms with van der Waals surface area (Å²) in [4.78, 5) is 12.4. The molecule has 26 heavy (non-hydrogen) atoms. The number of carbonyl (C=O) groups is 1. The molecule has 8 heteroatoms. The van der Waals surface area contributed by atoms with Crippen LogP contribution in [0.15, 0.2) is 49.8 Å². The summed E-state index contributed by atoms with van der Waals surface area (Å²) in [5, 5.41) is 22.3. The molecule has 0 heterocycles. The summed E-state index contributed by atoms with van der Waals surface area (Å²) in [6.45, 7) is 1.80. The molecular weight excluding hydrogens is 534 g/mol. The normalized spacial score (nSPS) is 13.1. The third-order valence-electron chi connectivity index (χ3n) is 3.79. The van der Waals surface area contributed by atoms with Crippen LogP contribution in [0.3, 0.4) is 0 Å². The highest BCUT2D eigenvalue weighted by molar-refractivity contribution is 9.11. The van der Waals surface area contributed by atoms with E-state index in [0.717, 1.165) is 8.95 Å². The highest BCUT2D eigenvalue weighted by Gasteiger charge is 2.27. The Balaban J connectivity index is 2.25. The quantitative estimate of drug-likeness (QED) is 0.412. The molecule has 1 amide bonds. The molecule has 0 saturated heterocycles. The summed E-state index contributed by atoms with van der Waals surface area (Å²) in [5.41, 5.74) is 1.05. The number of aliphatic hydroxyl groups is 1. The average Bonchev–Trinajstić information content (AvgIpc) is 2.58. The first-order chi connectivity index (χ1) is 12.3. The Morgan fingerprint density at radius 2 is 1.81 bits per heavy atom. The highest BCUT2D eigenvalue weighted by Crippen LogP contribution is 2.40. The van der Waals surface area contributed by atoms with Crippen molar-refractivity contribution in [2.24, 2.45) is 5.92 Å². The molecule has 0 radical (unpaired) electrons. The number of halogens is 3. The minimum atomic E-state index is -0.730. The van der Waals surface area contributed by atoms with Crippen LogP contribution in [-0.2, 0) is 4.74 Å². The molecule has 2 rings (SSSR count). The first-order valence-corrected chi connectivity index (χ1v) is 10.2. The molecule has 0 fully saturated rings. The minimum absolute atomic E-state index is 0.000526. The van der Waals surface area contributed by atoms with E-state index < -0.39 is 12.2 Å². The van der Waals surface area contributed by atoms with Crippen molar-refractivity contribution < 1.29 is 19.7 Å². The number of aromatic hydroxyl groups is 1. The van der Waals surface area contributed by atoms with Crippen molar-refractivity contribution in [1.82, 2.24) is 0 Å². The topological polar surface area (TPSA) is 78.8 Å². The van der Waals surface area contributed by atoms with Crippen LogP contribution in [0.25, 0.3) is 0 Å². The van der Waals surface area contributed by atoms with Crippen molar-refractivity contribution in [2.75, 3.05) is 11.9 Å². The second-order valence-electron chi connectivity index (χ2n) is 5.77. The monoisotopic (exact) mass is 549 g/mol. The van der Waals surface area contributed by atoms with E-state index in [1.807, 2.05) is 6.92 Å². The lowest BCUT2D eigenvalue weighted by atomic mass is 9.94. The van der Waals surface area contributed by atoms with Crippen molar-refractivity contribution in [3.05, 3.63) is 55.4 Å². The molecule has 2 aromatic carbocycles. The smallest absolute Gasteiger partial charge is 0.412 e. The third-order valence-corrected chi connectivity index (χ3v) is 5.38. The number of anilines is 1. The van der Waals surface area contributed by atoms with E-state index in [1.165, 1.54) is 0 Å². The molecule has 0 aliphatic carbocycles. The predicted octanol–water partition coefficient (Wildman–Crippen LogP) is 5.99. The summed E-state index contributed by atoms with van der Waals surface area (Å²) in [5.74, 6) is -0.206. The van der Waals surface area contributed by atoms with Crippen LogP contribution in [-0.4, -0.2) is 22.9 Å². The summed E-state index contributed by atoms with van der Waals surface area (Å²) >= 11 is 10.0. The van der Waals surface area contributed by atoms with E-state index in [0.29, 0.717) is 22.1 Å². The number of nitrogens with one attached hydrogen (secondary N) is 1. The average molecular weight is 552 g/mol. The fourth-order valence-electron chi connectivity index (χ4n) is 2.44. The predicted molar refractivity (Wildman–Crippen MR) is 111 cm³/mol. The van der Waals surface area contributed by atoms with E-state index in [1.54, 1.807) is 36.4 Å². The number of phenols is 1. The number of rotatable bonds is 6. The summed E-state index contributed by atoms with van der Waals surface area (Å²) in [7, 11) is 0. The molecule has 0 aromatic heterocycles. The van der Waals surface area contributed by atoms with Gasteiger partial charge in [0.2, 0.25) is 0 Å². The van der Waals surface area contributed by atoms with E-state index in [-0.39, 0.29) is 18.3 Å². The van der Waals surface area contributed by atoms with Gasteiger partial charge in [0.1, 0.15) is 11.9 Å². The van der Waals surface area contributed by atoms with Crippen molar-refractivity contribution in [1.29, 1.82) is 0 Å². The van der Waals surface area contributed by atoms with Crippen LogP contribution in [0, 0.1) is 5.92 Å². The Hall–Kier alpha value is -1.09. The largest absolute Gasteiger partial charge is 0.506 e. The number of ether oxygens (including phenoxy) is 1. The second kappa shape index (κ2) is 9.73. The molecule has 0 aliphatic heterocycles. The van der Waals surface area contributed by atoms with Gasteiger partial charge in [0.25, 0.3) is 0 Å². The number of hydrogen-bond acceptors (Lipinski definition) is 4. The lowest BCUT2D eigenvalue weighted by Gasteiger charge is -2.25. The molecule has 2 atom stereocenters. The first kappa shape index (κ1) is 21.2. The number of hydrogen-bond donors (Lipinski definition) is 3. The number of carbonyl (C=O) groups excluding carboxylic acids is 1. The van der Waals surface area contributed by atoms with E-state index in [2.05, 4.69) is 53.1 Å². The Bertz CT molecular complexity index is 768. The van der Waals surface area contributed by atoms with Gasteiger partial charge in [-0.3, -0.25) is 5.32 Å². The summed E-state index contributed by atoms with van der Waals surface area (Å²) in [6.07, 6.45) is -0.955. The van der Waals surface area contributed by atoms with Crippen LogP contribution < -0.4 is 5.32 Å². The maximum Gasteiger partial charge on any atom is 0.412 e. The fraction of sp³-hybridized carbons (Fsp3) is 0.278. The Morgan fingerprint density at radius 3 is 2.42 bits per heavy atom. The van der Waals surface area contributed by atoms with Crippen LogP contribution >= 0.6 is 47.8 Å². The standard InChI is InChI=1S/C18H18Br3NO4/c1-10(6-7-23)17(14-8-12(20)9-15(21)16(14)24)26-18(25)22-13-4-2-11(19)3-5-13/h2-5,8-10,17,23-24H,6-7H2,1H3,(H,22,25)/t10-,17+/m1/s1. The summed E-state index contributed by atoms with van der Waals surface area (Å²) in [6, 6.07) is 10.5. The third kappa shape index (κ3) is 5.70. The van der Waals surface area contributed by atoms with Gasteiger partial charge in [-0.25, -0.2) is 4.79 Å². The maximum atomic E-state index is 12.4. The van der Waals surface area contributed by atoms with Gasteiger partial charge >= 0.3 is 6.09 Å². The number of aliphatic hydroxyl groups excluding tert-OH is 1. The maximum absolute atomic E-state index is 12.4. The lowest BCUT2D eigenvalue weighted by Crippen LogP contribution is -2.22. The zero-order valence-electron chi connectivity index (χ0n) is 13.9. The van der Waals surface area contributed by atoms with Gasteiger partial charge in [0, 0.05) is 26.8 Å². The van der Waals surface area contributed by atoms with Crippen molar-refractivity contribution in [3.63, 3.8) is 0 Å². The van der Waals surface area contributed by atoms with E-state index in [4.69, 9.17) is 4.74 Å². The molecule has 3 N–H and O–H groups in total. The molecule has 0 unspecified atom stereocenters.